The zero-order valence-electron chi connectivity index (χ0n) is 13.1. The highest BCUT2D eigenvalue weighted by molar-refractivity contribution is 5.99. The lowest BCUT2D eigenvalue weighted by Gasteiger charge is -2.30. The Morgan fingerprint density at radius 3 is 2.59 bits per heavy atom. The van der Waals surface area contributed by atoms with Gasteiger partial charge in [-0.25, -0.2) is 4.68 Å². The van der Waals surface area contributed by atoms with E-state index < -0.39 is 0 Å². The maximum Gasteiger partial charge on any atom is 0.228 e. The van der Waals surface area contributed by atoms with Gasteiger partial charge in [0.25, 0.3) is 0 Å². The molecule has 0 bridgehead atoms. The lowest BCUT2D eigenvalue weighted by atomic mass is 10.1. The molecule has 2 aromatic rings. The number of hydrogen-bond acceptors (Lipinski definition) is 4. The van der Waals surface area contributed by atoms with Crippen LogP contribution in [-0.2, 0) is 18.4 Å². The minimum absolute atomic E-state index is 0.191. The molecule has 3 rings (SSSR count). The molecule has 0 saturated carbocycles. The summed E-state index contributed by atoms with van der Waals surface area (Å²) in [6, 6.07) is 7.90. The number of ether oxygens (including phenoxy) is 1. The first-order chi connectivity index (χ1) is 10.6. The summed E-state index contributed by atoms with van der Waals surface area (Å²) in [5.74, 6) is 0.962. The van der Waals surface area contributed by atoms with Gasteiger partial charge < -0.3 is 15.0 Å². The second-order valence-electron chi connectivity index (χ2n) is 5.39. The average Bonchev–Trinajstić information content (AvgIpc) is 2.78. The van der Waals surface area contributed by atoms with Crippen LogP contribution in [0.1, 0.15) is 17.7 Å². The molecule has 1 N–H and O–H groups in total. The smallest absolute Gasteiger partial charge is 0.228 e. The Labute approximate surface area is 129 Å². The van der Waals surface area contributed by atoms with E-state index in [1.54, 1.807) is 16.7 Å². The topological polar surface area (TPSA) is 59.4 Å². The molecule has 1 fully saturated rings. The number of aryl methyl sites for hydroxylation is 2. The van der Waals surface area contributed by atoms with Crippen molar-refractivity contribution in [2.45, 2.75) is 19.9 Å². The summed E-state index contributed by atoms with van der Waals surface area (Å²) in [5, 5.41) is 7.73. The van der Waals surface area contributed by atoms with Gasteiger partial charge in [-0.2, -0.15) is 5.10 Å². The van der Waals surface area contributed by atoms with Crippen molar-refractivity contribution in [3.63, 3.8) is 0 Å². The molecule has 1 aliphatic heterocycles. The quantitative estimate of drug-likeness (QED) is 0.859. The normalized spacial score (nSPS) is 14.0. The van der Waals surface area contributed by atoms with Crippen LogP contribution in [0.3, 0.4) is 0 Å². The van der Waals surface area contributed by atoms with Crippen molar-refractivity contribution < 1.29 is 9.53 Å². The van der Waals surface area contributed by atoms with E-state index in [-0.39, 0.29) is 5.91 Å². The Balaban J connectivity index is 1.68. The molecule has 1 aromatic heterocycles. The number of benzene rings is 1. The summed E-state index contributed by atoms with van der Waals surface area (Å²) in [5.41, 5.74) is 3.96. The molecular formula is C16H20N4O2. The molecule has 116 valence electrons. The number of methoxy groups -OCH3 is 1. The molecule has 2 heterocycles. The minimum atomic E-state index is 0.191. The van der Waals surface area contributed by atoms with Crippen molar-refractivity contribution >= 4 is 17.3 Å². The Morgan fingerprint density at radius 2 is 2.05 bits per heavy atom. The van der Waals surface area contributed by atoms with Gasteiger partial charge in [-0.3, -0.25) is 4.79 Å². The Bertz CT molecular complexity index is 691. The molecule has 6 heteroatoms. The van der Waals surface area contributed by atoms with Gasteiger partial charge in [-0.15, -0.1) is 0 Å². The van der Waals surface area contributed by atoms with Gasteiger partial charge in [0.2, 0.25) is 11.8 Å². The third-order valence-corrected chi connectivity index (χ3v) is 3.98. The van der Waals surface area contributed by atoms with Crippen LogP contribution in [-0.4, -0.2) is 29.3 Å². The van der Waals surface area contributed by atoms with Crippen LogP contribution < -0.4 is 15.0 Å². The maximum atomic E-state index is 11.4. The number of anilines is 2. The van der Waals surface area contributed by atoms with Crippen molar-refractivity contribution in [2.75, 3.05) is 23.9 Å². The number of β-lactam (4-membered cyclic amide) rings is 1. The summed E-state index contributed by atoms with van der Waals surface area (Å²) in [7, 11) is 3.52. The fraction of sp³-hybridized carbons (Fsp3) is 0.375. The van der Waals surface area contributed by atoms with Gasteiger partial charge in [0, 0.05) is 37.9 Å². The summed E-state index contributed by atoms with van der Waals surface area (Å²) >= 11 is 0. The highest BCUT2D eigenvalue weighted by atomic mass is 16.5. The summed E-state index contributed by atoms with van der Waals surface area (Å²) in [6.45, 7) is 3.43. The summed E-state index contributed by atoms with van der Waals surface area (Å²) in [4.78, 5) is 13.2. The van der Waals surface area contributed by atoms with Crippen molar-refractivity contribution in [1.29, 1.82) is 0 Å². The second-order valence-corrected chi connectivity index (χ2v) is 5.39. The zero-order chi connectivity index (χ0) is 15.7. The van der Waals surface area contributed by atoms with Crippen LogP contribution >= 0.6 is 0 Å². The Morgan fingerprint density at radius 1 is 1.32 bits per heavy atom. The molecule has 0 unspecified atom stereocenters. The number of rotatable bonds is 5. The van der Waals surface area contributed by atoms with Crippen LogP contribution in [0.15, 0.2) is 24.3 Å². The molecule has 1 amide bonds. The van der Waals surface area contributed by atoms with Gasteiger partial charge in [0.05, 0.1) is 18.4 Å². The van der Waals surface area contributed by atoms with Gasteiger partial charge >= 0.3 is 0 Å². The largest absolute Gasteiger partial charge is 0.481 e. The number of aromatic nitrogens is 2. The van der Waals surface area contributed by atoms with E-state index in [2.05, 4.69) is 10.4 Å². The van der Waals surface area contributed by atoms with E-state index >= 15 is 0 Å². The van der Waals surface area contributed by atoms with E-state index in [4.69, 9.17) is 4.74 Å². The van der Waals surface area contributed by atoms with E-state index in [0.29, 0.717) is 13.0 Å². The van der Waals surface area contributed by atoms with E-state index in [9.17, 15) is 4.79 Å². The van der Waals surface area contributed by atoms with E-state index in [1.165, 1.54) is 0 Å². The van der Waals surface area contributed by atoms with Crippen LogP contribution in [0.5, 0.6) is 5.88 Å². The molecule has 0 spiro atoms. The molecule has 1 saturated heterocycles. The van der Waals surface area contributed by atoms with Crippen molar-refractivity contribution in [2.24, 2.45) is 7.05 Å². The number of amides is 1. The third-order valence-electron chi connectivity index (χ3n) is 3.98. The highest BCUT2D eigenvalue weighted by Crippen LogP contribution is 2.25. The molecule has 22 heavy (non-hydrogen) atoms. The fourth-order valence-corrected chi connectivity index (χ4v) is 2.68. The van der Waals surface area contributed by atoms with Crippen molar-refractivity contribution in [3.05, 3.63) is 35.5 Å². The van der Waals surface area contributed by atoms with E-state index in [0.717, 1.165) is 35.1 Å². The zero-order valence-corrected chi connectivity index (χ0v) is 13.1. The fourth-order valence-electron chi connectivity index (χ4n) is 2.68. The first kappa shape index (κ1) is 14.4. The van der Waals surface area contributed by atoms with Gasteiger partial charge in [-0.1, -0.05) is 0 Å². The lowest BCUT2D eigenvalue weighted by Crippen LogP contribution is -2.43. The number of carbonyl (C=O) groups excluding carboxylic acids is 1. The summed E-state index contributed by atoms with van der Waals surface area (Å²) < 4.78 is 7.13. The number of hydrogen-bond donors (Lipinski definition) is 1. The number of carbonyl (C=O) groups is 1. The Kier molecular flexibility index (Phi) is 3.75. The summed E-state index contributed by atoms with van der Waals surface area (Å²) in [6.07, 6.45) is 0.653. The average molecular weight is 300 g/mol. The molecule has 6 nitrogen and oxygen atoms in total. The van der Waals surface area contributed by atoms with Crippen LogP contribution in [0.2, 0.25) is 0 Å². The van der Waals surface area contributed by atoms with Gasteiger partial charge in [-0.05, 0) is 31.2 Å². The van der Waals surface area contributed by atoms with E-state index in [1.807, 2.05) is 38.2 Å². The molecule has 0 aliphatic carbocycles. The standard InChI is InChI=1S/C16H20N4O2/c1-11-14(16(22-3)19(2)18-11)10-17-12-4-6-13(7-5-12)20-9-8-15(20)21/h4-7,17H,8-10H2,1-3H3. The second kappa shape index (κ2) is 5.71. The van der Waals surface area contributed by atoms with Crippen LogP contribution in [0.4, 0.5) is 11.4 Å². The van der Waals surface area contributed by atoms with Crippen molar-refractivity contribution in [1.82, 2.24) is 9.78 Å². The SMILES string of the molecule is COc1c(CNc2ccc(N3CCC3=O)cc2)c(C)nn1C. The number of nitrogens with zero attached hydrogens (tertiary/aromatic N) is 3. The molecular weight excluding hydrogens is 280 g/mol. The first-order valence-corrected chi connectivity index (χ1v) is 7.31. The lowest BCUT2D eigenvalue weighted by molar-refractivity contribution is -0.122. The highest BCUT2D eigenvalue weighted by Gasteiger charge is 2.24. The van der Waals surface area contributed by atoms with Crippen LogP contribution in [0.25, 0.3) is 0 Å². The minimum Gasteiger partial charge on any atom is -0.481 e. The first-order valence-electron chi connectivity index (χ1n) is 7.31. The predicted octanol–water partition coefficient (Wildman–Crippen LogP) is 2.09. The Hall–Kier alpha value is -2.50. The van der Waals surface area contributed by atoms with Crippen LogP contribution in [0, 0.1) is 6.92 Å². The maximum absolute atomic E-state index is 11.4. The third kappa shape index (κ3) is 2.52. The number of nitrogens with one attached hydrogen (secondary N) is 1. The molecule has 0 atom stereocenters. The monoisotopic (exact) mass is 300 g/mol. The van der Waals surface area contributed by atoms with Gasteiger partial charge in [0.15, 0.2) is 0 Å². The molecule has 1 aliphatic rings. The predicted molar refractivity (Wildman–Crippen MR) is 85.2 cm³/mol. The molecule has 1 aromatic carbocycles. The molecule has 0 radical (unpaired) electrons. The van der Waals surface area contributed by atoms with Crippen molar-refractivity contribution in [3.8, 4) is 5.88 Å². The van der Waals surface area contributed by atoms with Gasteiger partial charge in [0.1, 0.15) is 0 Å².